The summed E-state index contributed by atoms with van der Waals surface area (Å²) in [6.07, 6.45) is 3.00. The normalized spacial score (nSPS) is 9.40. The van der Waals surface area contributed by atoms with Crippen molar-refractivity contribution in [3.8, 4) is 23.4 Å². The summed E-state index contributed by atoms with van der Waals surface area (Å²) in [6, 6.07) is 11.4. The van der Waals surface area contributed by atoms with Gasteiger partial charge in [-0.2, -0.15) is 10.5 Å². The molecule has 6 nitrogen and oxygen atoms in total. The highest BCUT2D eigenvalue weighted by Crippen LogP contribution is 2.20. The van der Waals surface area contributed by atoms with Gasteiger partial charge in [-0.05, 0) is 12.1 Å². The second kappa shape index (κ2) is 5.68. The minimum atomic E-state index is -0.0237. The fourth-order valence-electron chi connectivity index (χ4n) is 1.62. The second-order valence-electron chi connectivity index (χ2n) is 4.29. The van der Waals surface area contributed by atoms with Crippen LogP contribution in [0, 0.1) is 22.7 Å². The standard InChI is InChI=1S/C14H12N6/c1-19(2)13-5-3-12(4-6-13)14-10-20(18-17-14)9-11(7-15)8-16/h3-6,9-10H,1-2H3. The van der Waals surface area contributed by atoms with Crippen LogP contribution in [0.2, 0.25) is 0 Å². The summed E-state index contributed by atoms with van der Waals surface area (Å²) in [5.74, 6) is 0. The Bertz CT molecular complexity index is 693. The number of hydrogen-bond acceptors (Lipinski definition) is 5. The summed E-state index contributed by atoms with van der Waals surface area (Å²) in [5.41, 5.74) is 2.68. The Hall–Kier alpha value is -3.12. The fourth-order valence-corrected chi connectivity index (χ4v) is 1.62. The molecule has 0 unspecified atom stereocenters. The highest BCUT2D eigenvalue weighted by atomic mass is 15.4. The zero-order valence-corrected chi connectivity index (χ0v) is 11.1. The van der Waals surface area contributed by atoms with Crippen molar-refractivity contribution in [2.75, 3.05) is 19.0 Å². The van der Waals surface area contributed by atoms with Crippen molar-refractivity contribution < 1.29 is 0 Å². The van der Waals surface area contributed by atoms with Gasteiger partial charge < -0.3 is 4.90 Å². The van der Waals surface area contributed by atoms with Crippen LogP contribution in [0.5, 0.6) is 0 Å². The maximum absolute atomic E-state index is 8.69. The number of rotatable bonds is 3. The van der Waals surface area contributed by atoms with Gasteiger partial charge in [-0.25, -0.2) is 4.68 Å². The molecule has 0 atom stereocenters. The molecule has 0 bridgehead atoms. The van der Waals surface area contributed by atoms with Crippen LogP contribution in [0.3, 0.4) is 0 Å². The topological polar surface area (TPSA) is 81.5 Å². The number of benzene rings is 1. The first kappa shape index (κ1) is 13.3. The number of allylic oxidation sites excluding steroid dienone is 1. The Kier molecular flexibility index (Phi) is 3.78. The van der Waals surface area contributed by atoms with Crippen LogP contribution in [0.15, 0.2) is 36.0 Å². The number of anilines is 1. The third kappa shape index (κ3) is 2.82. The lowest BCUT2D eigenvalue weighted by molar-refractivity contribution is 0.840. The molecule has 1 aromatic heterocycles. The van der Waals surface area contributed by atoms with Crippen LogP contribution >= 0.6 is 0 Å². The predicted octanol–water partition coefficient (Wildman–Crippen LogP) is 1.90. The van der Waals surface area contributed by atoms with Crippen LogP contribution in [0.1, 0.15) is 0 Å². The minimum absolute atomic E-state index is 0.0237. The number of nitrogens with zero attached hydrogens (tertiary/aromatic N) is 6. The van der Waals surface area contributed by atoms with Crippen LogP contribution in [-0.4, -0.2) is 29.1 Å². The van der Waals surface area contributed by atoms with E-state index in [0.717, 1.165) is 11.3 Å². The van der Waals surface area contributed by atoms with E-state index in [1.807, 2.05) is 43.3 Å². The van der Waals surface area contributed by atoms with Crippen molar-refractivity contribution in [3.05, 3.63) is 36.0 Å². The molecule has 0 fully saturated rings. The Morgan fingerprint density at radius 1 is 1.20 bits per heavy atom. The molecule has 0 aliphatic carbocycles. The van der Waals surface area contributed by atoms with Crippen molar-refractivity contribution in [1.82, 2.24) is 15.0 Å². The molecule has 0 amide bonds. The molecule has 0 spiro atoms. The Labute approximate surface area is 116 Å². The largest absolute Gasteiger partial charge is 0.378 e. The van der Waals surface area contributed by atoms with Crippen molar-refractivity contribution in [2.24, 2.45) is 0 Å². The molecule has 0 aliphatic heterocycles. The molecule has 0 aliphatic rings. The first-order valence-corrected chi connectivity index (χ1v) is 5.85. The summed E-state index contributed by atoms with van der Waals surface area (Å²) in [7, 11) is 3.95. The first-order chi connectivity index (χ1) is 9.63. The van der Waals surface area contributed by atoms with Gasteiger partial charge in [-0.15, -0.1) is 5.10 Å². The van der Waals surface area contributed by atoms with Gasteiger partial charge >= 0.3 is 0 Å². The third-order valence-electron chi connectivity index (χ3n) is 2.69. The average Bonchev–Trinajstić information content (AvgIpc) is 2.93. The lowest BCUT2D eigenvalue weighted by Crippen LogP contribution is -2.07. The average molecular weight is 264 g/mol. The fraction of sp³-hybridized carbons (Fsp3) is 0.143. The van der Waals surface area contributed by atoms with Gasteiger partial charge in [0.2, 0.25) is 0 Å². The molecule has 0 radical (unpaired) electrons. The molecular formula is C14H12N6. The van der Waals surface area contributed by atoms with Gasteiger partial charge in [0, 0.05) is 25.3 Å². The zero-order chi connectivity index (χ0) is 14.5. The van der Waals surface area contributed by atoms with Crippen LogP contribution in [0.25, 0.3) is 17.5 Å². The van der Waals surface area contributed by atoms with Crippen molar-refractivity contribution in [3.63, 3.8) is 0 Å². The molecule has 0 saturated carbocycles. The van der Waals surface area contributed by atoms with Gasteiger partial charge in [0.05, 0.1) is 12.4 Å². The van der Waals surface area contributed by atoms with Gasteiger partial charge in [-0.1, -0.05) is 17.3 Å². The summed E-state index contributed by atoms with van der Waals surface area (Å²) in [5, 5.41) is 25.3. The van der Waals surface area contributed by atoms with E-state index in [1.54, 1.807) is 18.3 Å². The molecule has 1 heterocycles. The van der Waals surface area contributed by atoms with E-state index in [2.05, 4.69) is 10.3 Å². The van der Waals surface area contributed by atoms with Crippen LogP contribution in [0.4, 0.5) is 5.69 Å². The smallest absolute Gasteiger partial charge is 0.147 e. The van der Waals surface area contributed by atoms with Crippen molar-refractivity contribution in [2.45, 2.75) is 0 Å². The molecule has 98 valence electrons. The summed E-state index contributed by atoms with van der Waals surface area (Å²) in [6.45, 7) is 0. The Balaban J connectivity index is 2.28. The van der Waals surface area contributed by atoms with Gasteiger partial charge in [0.25, 0.3) is 0 Å². The number of hydrogen-bond donors (Lipinski definition) is 0. The van der Waals surface area contributed by atoms with Crippen molar-refractivity contribution >= 4 is 11.9 Å². The van der Waals surface area contributed by atoms with Gasteiger partial charge in [0.15, 0.2) is 0 Å². The Morgan fingerprint density at radius 3 is 2.40 bits per heavy atom. The van der Waals surface area contributed by atoms with Crippen LogP contribution < -0.4 is 4.90 Å². The SMILES string of the molecule is CN(C)c1ccc(-c2cn(C=C(C#N)C#N)nn2)cc1. The lowest BCUT2D eigenvalue weighted by atomic mass is 10.1. The Morgan fingerprint density at radius 2 is 1.85 bits per heavy atom. The zero-order valence-electron chi connectivity index (χ0n) is 11.1. The summed E-state index contributed by atoms with van der Waals surface area (Å²) in [4.78, 5) is 2.01. The van der Waals surface area contributed by atoms with E-state index >= 15 is 0 Å². The van der Waals surface area contributed by atoms with Gasteiger partial charge in [0.1, 0.15) is 23.4 Å². The molecule has 0 N–H and O–H groups in total. The van der Waals surface area contributed by atoms with Crippen molar-refractivity contribution in [1.29, 1.82) is 10.5 Å². The predicted molar refractivity (Wildman–Crippen MR) is 75.3 cm³/mol. The van der Waals surface area contributed by atoms with Crippen LogP contribution in [-0.2, 0) is 0 Å². The molecule has 2 rings (SSSR count). The minimum Gasteiger partial charge on any atom is -0.378 e. The van der Waals surface area contributed by atoms with Gasteiger partial charge in [-0.3, -0.25) is 0 Å². The quantitative estimate of drug-likeness (QED) is 0.791. The van der Waals surface area contributed by atoms with E-state index in [1.165, 1.54) is 10.9 Å². The van der Waals surface area contributed by atoms with E-state index in [4.69, 9.17) is 10.5 Å². The molecule has 1 aromatic carbocycles. The third-order valence-corrected chi connectivity index (χ3v) is 2.69. The second-order valence-corrected chi connectivity index (χ2v) is 4.29. The maximum atomic E-state index is 8.69. The lowest BCUT2D eigenvalue weighted by Gasteiger charge is -2.11. The molecular weight excluding hydrogens is 252 g/mol. The maximum Gasteiger partial charge on any atom is 0.147 e. The molecule has 2 aromatic rings. The highest BCUT2D eigenvalue weighted by Gasteiger charge is 2.04. The molecule has 20 heavy (non-hydrogen) atoms. The monoisotopic (exact) mass is 264 g/mol. The van der Waals surface area contributed by atoms with E-state index < -0.39 is 0 Å². The van der Waals surface area contributed by atoms with E-state index in [0.29, 0.717) is 5.69 Å². The van der Waals surface area contributed by atoms with E-state index in [9.17, 15) is 0 Å². The van der Waals surface area contributed by atoms with E-state index in [-0.39, 0.29) is 5.57 Å². The highest BCUT2D eigenvalue weighted by molar-refractivity contribution is 5.62. The first-order valence-electron chi connectivity index (χ1n) is 5.85. The summed E-state index contributed by atoms with van der Waals surface area (Å²) >= 11 is 0. The molecule has 6 heteroatoms. The number of aromatic nitrogens is 3. The number of nitriles is 2. The molecule has 0 saturated heterocycles. The summed E-state index contributed by atoms with van der Waals surface area (Å²) < 4.78 is 1.36.